The molecule has 1 saturated heterocycles. The van der Waals surface area contributed by atoms with Crippen LogP contribution in [0.2, 0.25) is 5.15 Å². The standard InChI is InChI=1S/C9H11ClN2O2/c1-2-8-11-7(10)3-9(12-8)14-6-4-13-5-6/h3,6H,2,4-5H2,1H3. The van der Waals surface area contributed by atoms with Crippen molar-refractivity contribution in [1.29, 1.82) is 0 Å². The number of ether oxygens (including phenoxy) is 2. The highest BCUT2D eigenvalue weighted by molar-refractivity contribution is 6.29. The summed E-state index contributed by atoms with van der Waals surface area (Å²) in [6.45, 7) is 3.23. The van der Waals surface area contributed by atoms with Gasteiger partial charge < -0.3 is 9.47 Å². The van der Waals surface area contributed by atoms with Crippen molar-refractivity contribution in [3.05, 3.63) is 17.0 Å². The Morgan fingerprint density at radius 1 is 1.57 bits per heavy atom. The molecule has 2 heterocycles. The highest BCUT2D eigenvalue weighted by Crippen LogP contribution is 2.17. The molecule has 1 aliphatic heterocycles. The third kappa shape index (κ3) is 2.13. The summed E-state index contributed by atoms with van der Waals surface area (Å²) in [5.41, 5.74) is 0. The SMILES string of the molecule is CCc1nc(Cl)cc(OC2COC2)n1. The molecule has 5 heteroatoms. The van der Waals surface area contributed by atoms with Crippen LogP contribution in [-0.4, -0.2) is 29.3 Å². The number of hydrogen-bond donors (Lipinski definition) is 0. The number of halogens is 1. The van der Waals surface area contributed by atoms with Gasteiger partial charge in [-0.25, -0.2) is 4.98 Å². The van der Waals surface area contributed by atoms with Crippen molar-refractivity contribution in [1.82, 2.24) is 9.97 Å². The Balaban J connectivity index is 2.11. The molecule has 76 valence electrons. The van der Waals surface area contributed by atoms with Gasteiger partial charge in [-0.15, -0.1) is 0 Å². The summed E-state index contributed by atoms with van der Waals surface area (Å²) in [6.07, 6.45) is 0.864. The predicted molar refractivity (Wildman–Crippen MR) is 51.7 cm³/mol. The Morgan fingerprint density at radius 2 is 2.36 bits per heavy atom. The van der Waals surface area contributed by atoms with Crippen LogP contribution in [0.5, 0.6) is 5.88 Å². The highest BCUT2D eigenvalue weighted by atomic mass is 35.5. The topological polar surface area (TPSA) is 44.2 Å². The van der Waals surface area contributed by atoms with Crippen LogP contribution in [0.15, 0.2) is 6.07 Å². The minimum absolute atomic E-state index is 0.116. The zero-order valence-electron chi connectivity index (χ0n) is 7.86. The summed E-state index contributed by atoms with van der Waals surface area (Å²) in [4.78, 5) is 8.25. The smallest absolute Gasteiger partial charge is 0.218 e. The normalized spacial score (nSPS) is 16.4. The first kappa shape index (κ1) is 9.68. The van der Waals surface area contributed by atoms with Gasteiger partial charge in [-0.3, -0.25) is 0 Å². The Kier molecular flexibility index (Phi) is 2.84. The van der Waals surface area contributed by atoms with Crippen LogP contribution >= 0.6 is 11.6 Å². The van der Waals surface area contributed by atoms with E-state index in [-0.39, 0.29) is 6.10 Å². The molecule has 0 aromatic carbocycles. The molecule has 0 unspecified atom stereocenters. The lowest BCUT2D eigenvalue weighted by Gasteiger charge is -2.26. The second-order valence-electron chi connectivity index (χ2n) is 3.08. The monoisotopic (exact) mass is 214 g/mol. The number of rotatable bonds is 3. The van der Waals surface area contributed by atoms with Crippen molar-refractivity contribution in [2.45, 2.75) is 19.4 Å². The van der Waals surface area contributed by atoms with Gasteiger partial charge in [-0.1, -0.05) is 18.5 Å². The molecule has 1 aromatic rings. The first-order valence-electron chi connectivity index (χ1n) is 4.56. The van der Waals surface area contributed by atoms with Crippen molar-refractivity contribution >= 4 is 11.6 Å². The molecule has 4 nitrogen and oxygen atoms in total. The number of hydrogen-bond acceptors (Lipinski definition) is 4. The Hall–Kier alpha value is -0.870. The molecule has 0 amide bonds. The number of nitrogens with zero attached hydrogens (tertiary/aromatic N) is 2. The minimum atomic E-state index is 0.116. The lowest BCUT2D eigenvalue weighted by atomic mass is 10.3. The third-order valence-electron chi connectivity index (χ3n) is 1.93. The summed E-state index contributed by atoms with van der Waals surface area (Å²) in [7, 11) is 0. The van der Waals surface area contributed by atoms with E-state index in [0.717, 1.165) is 6.42 Å². The van der Waals surface area contributed by atoms with Crippen LogP contribution in [0.3, 0.4) is 0 Å². The zero-order chi connectivity index (χ0) is 9.97. The van der Waals surface area contributed by atoms with E-state index in [1.54, 1.807) is 6.07 Å². The van der Waals surface area contributed by atoms with Crippen LogP contribution < -0.4 is 4.74 Å². The van der Waals surface area contributed by atoms with E-state index in [9.17, 15) is 0 Å². The van der Waals surface area contributed by atoms with Gasteiger partial charge in [-0.2, -0.15) is 4.98 Å². The molecule has 0 bridgehead atoms. The maximum Gasteiger partial charge on any atom is 0.218 e. The minimum Gasteiger partial charge on any atom is -0.469 e. The summed E-state index contributed by atoms with van der Waals surface area (Å²) in [5, 5.41) is 0.423. The molecule has 0 atom stereocenters. The second kappa shape index (κ2) is 4.11. The lowest BCUT2D eigenvalue weighted by molar-refractivity contribution is -0.0814. The summed E-state index contributed by atoms with van der Waals surface area (Å²) in [6, 6.07) is 1.62. The molecule has 1 aliphatic rings. The largest absolute Gasteiger partial charge is 0.469 e. The summed E-state index contributed by atoms with van der Waals surface area (Å²) in [5.74, 6) is 1.24. The van der Waals surface area contributed by atoms with Crippen molar-refractivity contribution in [3.8, 4) is 5.88 Å². The van der Waals surface area contributed by atoms with E-state index in [1.807, 2.05) is 6.92 Å². The first-order chi connectivity index (χ1) is 6.78. The quantitative estimate of drug-likeness (QED) is 0.715. The molecule has 0 radical (unpaired) electrons. The predicted octanol–water partition coefficient (Wildman–Crippen LogP) is 1.47. The van der Waals surface area contributed by atoms with Gasteiger partial charge in [0.05, 0.1) is 13.2 Å². The molecule has 0 spiro atoms. The van der Waals surface area contributed by atoms with Gasteiger partial charge in [0.15, 0.2) is 0 Å². The first-order valence-corrected chi connectivity index (χ1v) is 4.93. The van der Waals surface area contributed by atoms with E-state index in [4.69, 9.17) is 21.1 Å². The lowest BCUT2D eigenvalue weighted by Crippen LogP contribution is -2.38. The fraction of sp³-hybridized carbons (Fsp3) is 0.556. The van der Waals surface area contributed by atoms with E-state index in [2.05, 4.69) is 9.97 Å². The molecule has 0 N–H and O–H groups in total. The summed E-state index contributed by atoms with van der Waals surface area (Å²) >= 11 is 5.81. The van der Waals surface area contributed by atoms with Gasteiger partial charge in [0.2, 0.25) is 5.88 Å². The average molecular weight is 215 g/mol. The van der Waals surface area contributed by atoms with E-state index >= 15 is 0 Å². The highest BCUT2D eigenvalue weighted by Gasteiger charge is 2.21. The van der Waals surface area contributed by atoms with Gasteiger partial charge in [0.25, 0.3) is 0 Å². The van der Waals surface area contributed by atoms with E-state index in [0.29, 0.717) is 30.1 Å². The maximum absolute atomic E-state index is 5.81. The fourth-order valence-corrected chi connectivity index (χ4v) is 1.30. The van der Waals surface area contributed by atoms with Gasteiger partial charge in [0, 0.05) is 12.5 Å². The van der Waals surface area contributed by atoms with Crippen LogP contribution in [0.1, 0.15) is 12.7 Å². The second-order valence-corrected chi connectivity index (χ2v) is 3.46. The van der Waals surface area contributed by atoms with Crippen molar-refractivity contribution in [2.75, 3.05) is 13.2 Å². The van der Waals surface area contributed by atoms with Gasteiger partial charge >= 0.3 is 0 Å². The maximum atomic E-state index is 5.81. The number of aromatic nitrogens is 2. The summed E-state index contributed by atoms with van der Waals surface area (Å²) < 4.78 is 10.5. The Bertz CT molecular complexity index is 329. The molecule has 14 heavy (non-hydrogen) atoms. The molecular formula is C9H11ClN2O2. The molecule has 2 rings (SSSR count). The van der Waals surface area contributed by atoms with E-state index < -0.39 is 0 Å². The van der Waals surface area contributed by atoms with Gasteiger partial charge in [0.1, 0.15) is 17.1 Å². The molecule has 0 saturated carbocycles. The van der Waals surface area contributed by atoms with Gasteiger partial charge in [-0.05, 0) is 0 Å². The molecular weight excluding hydrogens is 204 g/mol. The Morgan fingerprint density at radius 3 is 2.93 bits per heavy atom. The number of aryl methyl sites for hydroxylation is 1. The third-order valence-corrected chi connectivity index (χ3v) is 2.12. The fourth-order valence-electron chi connectivity index (χ4n) is 1.11. The average Bonchev–Trinajstić information content (AvgIpc) is 2.10. The van der Waals surface area contributed by atoms with Crippen LogP contribution in [0.25, 0.3) is 0 Å². The van der Waals surface area contributed by atoms with Crippen molar-refractivity contribution in [2.24, 2.45) is 0 Å². The van der Waals surface area contributed by atoms with E-state index in [1.165, 1.54) is 0 Å². The Labute approximate surface area is 87.2 Å². The van der Waals surface area contributed by atoms with Crippen LogP contribution in [-0.2, 0) is 11.2 Å². The van der Waals surface area contributed by atoms with Crippen LogP contribution in [0.4, 0.5) is 0 Å². The molecule has 1 fully saturated rings. The molecule has 0 aliphatic carbocycles. The van der Waals surface area contributed by atoms with Crippen LogP contribution in [0, 0.1) is 0 Å². The van der Waals surface area contributed by atoms with Crippen molar-refractivity contribution in [3.63, 3.8) is 0 Å². The van der Waals surface area contributed by atoms with Crippen molar-refractivity contribution < 1.29 is 9.47 Å². The zero-order valence-corrected chi connectivity index (χ0v) is 8.62. The molecule has 1 aromatic heterocycles.